The molecule has 1 aliphatic rings. The van der Waals surface area contributed by atoms with Crippen LogP contribution in [0.3, 0.4) is 0 Å². The van der Waals surface area contributed by atoms with Crippen LogP contribution in [0.5, 0.6) is 0 Å². The van der Waals surface area contributed by atoms with Gasteiger partial charge in [0.05, 0.1) is 0 Å². The Bertz CT molecular complexity index is 1020. The van der Waals surface area contributed by atoms with Gasteiger partial charge in [0.15, 0.2) is 10.9 Å². The highest BCUT2D eigenvalue weighted by Gasteiger charge is 2.57. The van der Waals surface area contributed by atoms with Gasteiger partial charge >= 0.3 is 0 Å². The number of hydrogen-bond acceptors (Lipinski definition) is 2. The molecule has 0 aliphatic heterocycles. The molecule has 0 N–H and O–H groups in total. The molecule has 3 aromatic carbocycles. The second kappa shape index (κ2) is 8.17. The zero-order chi connectivity index (χ0) is 20.4. The fourth-order valence-electron chi connectivity index (χ4n) is 4.63. The minimum absolute atomic E-state index is 0.0706. The van der Waals surface area contributed by atoms with E-state index in [1.165, 1.54) is 0 Å². The average molecular weight is 421 g/mol. The van der Waals surface area contributed by atoms with Gasteiger partial charge in [-0.1, -0.05) is 84.4 Å². The van der Waals surface area contributed by atoms with Crippen LogP contribution < -0.4 is 0 Å². The second-order valence-electron chi connectivity index (χ2n) is 7.62. The van der Waals surface area contributed by atoms with Crippen molar-refractivity contribution in [2.24, 2.45) is 5.41 Å². The molecule has 4 heteroatoms. The lowest BCUT2D eigenvalue weighted by Gasteiger charge is -2.31. The monoisotopic (exact) mass is 420 g/mol. The molecule has 1 saturated carbocycles. The van der Waals surface area contributed by atoms with Crippen LogP contribution in [-0.2, 0) is 4.79 Å². The van der Waals surface area contributed by atoms with E-state index in [2.05, 4.69) is 12.6 Å². The van der Waals surface area contributed by atoms with Gasteiger partial charge in [-0.15, -0.1) is 12.6 Å². The van der Waals surface area contributed by atoms with Gasteiger partial charge in [-0.05, 0) is 42.0 Å². The van der Waals surface area contributed by atoms with E-state index in [4.69, 9.17) is 11.6 Å². The van der Waals surface area contributed by atoms with E-state index in [1.54, 1.807) is 12.1 Å². The molecule has 146 valence electrons. The van der Waals surface area contributed by atoms with E-state index in [0.717, 1.165) is 11.1 Å². The Morgan fingerprint density at radius 1 is 0.828 bits per heavy atom. The first kappa shape index (κ1) is 19.9. The van der Waals surface area contributed by atoms with Gasteiger partial charge in [0.1, 0.15) is 5.41 Å². The van der Waals surface area contributed by atoms with Crippen molar-refractivity contribution in [2.75, 3.05) is 0 Å². The van der Waals surface area contributed by atoms with E-state index in [0.29, 0.717) is 23.4 Å². The lowest BCUT2D eigenvalue weighted by molar-refractivity contribution is -0.117. The minimum atomic E-state index is -1.20. The lowest BCUT2D eigenvalue weighted by Crippen LogP contribution is -2.39. The van der Waals surface area contributed by atoms with Crippen LogP contribution in [0.1, 0.15) is 46.2 Å². The molecule has 0 aromatic heterocycles. The smallest absolute Gasteiger partial charge is 0.200 e. The van der Waals surface area contributed by atoms with E-state index < -0.39 is 5.41 Å². The van der Waals surface area contributed by atoms with Crippen molar-refractivity contribution in [2.45, 2.75) is 24.7 Å². The van der Waals surface area contributed by atoms with Crippen LogP contribution in [0, 0.1) is 5.41 Å². The number of thiol groups is 1. The fraction of sp³-hybridized carbons (Fsp3) is 0.200. The van der Waals surface area contributed by atoms with Crippen LogP contribution in [0.25, 0.3) is 0 Å². The molecule has 3 aromatic rings. The molecule has 1 fully saturated rings. The van der Waals surface area contributed by atoms with Crippen molar-refractivity contribution in [3.8, 4) is 0 Å². The summed E-state index contributed by atoms with van der Waals surface area (Å²) in [6.45, 7) is 0. The summed E-state index contributed by atoms with van der Waals surface area (Å²) in [4.78, 5) is 26.8. The maximum atomic E-state index is 13.7. The molecule has 0 spiro atoms. The number of hydrogen-bond donors (Lipinski definition) is 1. The Kier molecular flexibility index (Phi) is 5.62. The number of halogens is 1. The summed E-state index contributed by atoms with van der Waals surface area (Å²) < 4.78 is 0. The predicted octanol–water partition coefficient (Wildman–Crippen LogP) is 6.33. The van der Waals surface area contributed by atoms with Crippen molar-refractivity contribution in [1.29, 1.82) is 0 Å². The van der Waals surface area contributed by atoms with Crippen molar-refractivity contribution < 1.29 is 9.59 Å². The molecule has 0 amide bonds. The Morgan fingerprint density at radius 2 is 1.41 bits per heavy atom. The number of carbonyl (C=O) groups excluding carboxylic acids is 2. The third-order valence-corrected chi connectivity index (χ3v) is 6.70. The third kappa shape index (κ3) is 3.65. The van der Waals surface area contributed by atoms with Crippen molar-refractivity contribution >= 4 is 35.1 Å². The molecule has 3 atom stereocenters. The van der Waals surface area contributed by atoms with Crippen molar-refractivity contribution in [3.63, 3.8) is 0 Å². The summed E-state index contributed by atoms with van der Waals surface area (Å²) in [6.07, 6.45) is 1.14. The average Bonchev–Trinajstić information content (AvgIpc) is 3.17. The highest BCUT2D eigenvalue weighted by Crippen LogP contribution is 2.57. The SMILES string of the molecule is O=C(S)C1(C(=O)c2ccccc2)C[C@@H](c2ccc(Cl)cc2)C[C@@H]1c1ccccc1. The van der Waals surface area contributed by atoms with E-state index in [9.17, 15) is 9.59 Å². The van der Waals surface area contributed by atoms with Gasteiger partial charge in [0.25, 0.3) is 0 Å². The van der Waals surface area contributed by atoms with Crippen molar-refractivity contribution in [3.05, 3.63) is 107 Å². The Morgan fingerprint density at radius 3 is 2.00 bits per heavy atom. The van der Waals surface area contributed by atoms with E-state index in [-0.39, 0.29) is 22.7 Å². The van der Waals surface area contributed by atoms with Gasteiger partial charge in [-0.3, -0.25) is 9.59 Å². The number of ketones is 1. The standard InChI is InChI=1S/C25H21ClO2S/c26-21-13-11-17(12-14-21)20-15-22(18-7-3-1-4-8-18)25(16-20,24(28)29)23(27)19-9-5-2-6-10-19/h1-14,20,22H,15-16H2,(H,28,29)/t20-,22+,25?/m0/s1. The lowest BCUT2D eigenvalue weighted by atomic mass is 9.70. The molecule has 1 unspecified atom stereocenters. The highest BCUT2D eigenvalue weighted by molar-refractivity contribution is 7.96. The number of carbonyl (C=O) groups is 2. The van der Waals surface area contributed by atoms with E-state index >= 15 is 0 Å². The first-order valence-electron chi connectivity index (χ1n) is 9.66. The maximum absolute atomic E-state index is 13.7. The fourth-order valence-corrected chi connectivity index (χ4v) is 5.10. The number of Topliss-reactive ketones (excluding diaryl/α,β-unsaturated/α-hetero) is 1. The molecule has 0 bridgehead atoms. The van der Waals surface area contributed by atoms with Crippen molar-refractivity contribution in [1.82, 2.24) is 0 Å². The third-order valence-electron chi connectivity index (χ3n) is 6.05. The maximum Gasteiger partial charge on any atom is 0.200 e. The van der Waals surface area contributed by atoms with Gasteiger partial charge < -0.3 is 0 Å². The Balaban J connectivity index is 1.84. The van der Waals surface area contributed by atoms with Crippen LogP contribution in [-0.4, -0.2) is 10.9 Å². The largest absolute Gasteiger partial charge is 0.293 e. The molecular weight excluding hydrogens is 400 g/mol. The molecule has 2 nitrogen and oxygen atoms in total. The van der Waals surface area contributed by atoms with Gasteiger partial charge in [-0.2, -0.15) is 0 Å². The Hall–Kier alpha value is -2.36. The van der Waals surface area contributed by atoms with Crippen LogP contribution in [0.2, 0.25) is 5.02 Å². The summed E-state index contributed by atoms with van der Waals surface area (Å²) in [5.74, 6) is -0.313. The minimum Gasteiger partial charge on any atom is -0.293 e. The highest BCUT2D eigenvalue weighted by atomic mass is 35.5. The molecule has 0 heterocycles. The second-order valence-corrected chi connectivity index (χ2v) is 8.47. The summed E-state index contributed by atoms with van der Waals surface area (Å²) >= 11 is 10.3. The van der Waals surface area contributed by atoms with Crippen LogP contribution in [0.4, 0.5) is 0 Å². The summed E-state index contributed by atoms with van der Waals surface area (Å²) in [5, 5.41) is 0.305. The summed E-state index contributed by atoms with van der Waals surface area (Å²) in [6, 6.07) is 26.6. The number of rotatable bonds is 5. The molecular formula is C25H21ClO2S. The zero-order valence-electron chi connectivity index (χ0n) is 15.8. The molecule has 1 aliphatic carbocycles. The molecule has 4 rings (SSSR count). The first-order valence-corrected chi connectivity index (χ1v) is 10.5. The van der Waals surface area contributed by atoms with E-state index in [1.807, 2.05) is 72.8 Å². The predicted molar refractivity (Wildman–Crippen MR) is 120 cm³/mol. The quantitative estimate of drug-likeness (QED) is 0.297. The van der Waals surface area contributed by atoms with Crippen LogP contribution >= 0.6 is 24.2 Å². The zero-order valence-corrected chi connectivity index (χ0v) is 17.4. The molecule has 0 saturated heterocycles. The van der Waals surface area contributed by atoms with Crippen LogP contribution in [0.15, 0.2) is 84.9 Å². The van der Waals surface area contributed by atoms with Gasteiger partial charge in [0, 0.05) is 16.5 Å². The summed E-state index contributed by atoms with van der Waals surface area (Å²) in [7, 11) is 0. The molecule has 0 radical (unpaired) electrons. The topological polar surface area (TPSA) is 34.1 Å². The molecule has 29 heavy (non-hydrogen) atoms. The summed E-state index contributed by atoms with van der Waals surface area (Å²) in [5.41, 5.74) is 1.44. The Labute approximate surface area is 181 Å². The number of benzene rings is 3. The first-order chi connectivity index (χ1) is 14.0. The van der Waals surface area contributed by atoms with Gasteiger partial charge in [0.2, 0.25) is 0 Å². The van der Waals surface area contributed by atoms with Gasteiger partial charge in [-0.25, -0.2) is 0 Å². The normalized spacial score (nSPS) is 23.7.